The predicted octanol–water partition coefficient (Wildman–Crippen LogP) is 2.91. The summed E-state index contributed by atoms with van der Waals surface area (Å²) in [4.78, 5) is 0. The number of H-pyrrole nitrogens is 1. The van der Waals surface area contributed by atoms with E-state index < -0.39 is 6.43 Å². The van der Waals surface area contributed by atoms with Gasteiger partial charge in [-0.2, -0.15) is 5.10 Å². The van der Waals surface area contributed by atoms with Crippen LogP contribution in [0.25, 0.3) is 0 Å². The minimum Gasteiger partial charge on any atom is -0.375 e. The van der Waals surface area contributed by atoms with E-state index in [2.05, 4.69) is 10.2 Å². The van der Waals surface area contributed by atoms with E-state index in [1.807, 2.05) is 13.8 Å². The van der Waals surface area contributed by atoms with Gasteiger partial charge in [-0.3, -0.25) is 5.10 Å². The van der Waals surface area contributed by atoms with Crippen molar-refractivity contribution in [3.63, 3.8) is 0 Å². The van der Waals surface area contributed by atoms with Crippen LogP contribution in [0.1, 0.15) is 38.5 Å². The lowest BCUT2D eigenvalue weighted by molar-refractivity contribution is 0.119. The van der Waals surface area contributed by atoms with Crippen molar-refractivity contribution in [2.24, 2.45) is 0 Å². The maximum Gasteiger partial charge on any atom is 0.267 e. The lowest BCUT2D eigenvalue weighted by Crippen LogP contribution is -1.96. The summed E-state index contributed by atoms with van der Waals surface area (Å²) >= 11 is 0. The van der Waals surface area contributed by atoms with Crippen molar-refractivity contribution in [1.82, 2.24) is 10.2 Å². The second-order valence-electron chi connectivity index (χ2n) is 2.24. The van der Waals surface area contributed by atoms with Crippen molar-refractivity contribution < 1.29 is 13.5 Å². The summed E-state index contributed by atoms with van der Waals surface area (Å²) in [5.74, 6) is 0. The monoisotopic (exact) mass is 206 g/mol. The molecule has 1 N–H and O–H groups in total. The zero-order chi connectivity index (χ0) is 11.0. The molecule has 0 saturated heterocycles. The van der Waals surface area contributed by atoms with Gasteiger partial charge in [0.1, 0.15) is 0 Å². The molecule has 0 unspecified atom stereocenters. The van der Waals surface area contributed by atoms with Gasteiger partial charge in [0.25, 0.3) is 6.43 Å². The third kappa shape index (κ3) is 3.83. The molecule has 5 heteroatoms. The number of halogens is 2. The zero-order valence-electron chi connectivity index (χ0n) is 8.68. The number of ether oxygens (including phenoxy) is 1. The fourth-order valence-electron chi connectivity index (χ4n) is 0.830. The summed E-state index contributed by atoms with van der Waals surface area (Å²) in [6.07, 6.45) is -1.36. The van der Waals surface area contributed by atoms with Gasteiger partial charge in [0.15, 0.2) is 0 Å². The smallest absolute Gasteiger partial charge is 0.267 e. The van der Waals surface area contributed by atoms with Crippen molar-refractivity contribution in [2.75, 3.05) is 6.61 Å². The van der Waals surface area contributed by atoms with Crippen LogP contribution in [-0.4, -0.2) is 16.8 Å². The highest BCUT2D eigenvalue weighted by Gasteiger charge is 2.14. The molecule has 0 aliphatic heterocycles. The molecule has 0 aromatic carbocycles. The molecule has 1 aromatic rings. The van der Waals surface area contributed by atoms with E-state index >= 15 is 0 Å². The van der Waals surface area contributed by atoms with Gasteiger partial charge in [0, 0.05) is 6.61 Å². The number of hydrogen-bond donors (Lipinski definition) is 1. The first-order valence-corrected chi connectivity index (χ1v) is 4.63. The van der Waals surface area contributed by atoms with Crippen LogP contribution in [0, 0.1) is 0 Å². The van der Waals surface area contributed by atoms with Gasteiger partial charge in [0.2, 0.25) is 0 Å². The van der Waals surface area contributed by atoms with Crippen molar-refractivity contribution in [1.29, 1.82) is 0 Å². The third-order valence-electron chi connectivity index (χ3n) is 1.44. The topological polar surface area (TPSA) is 37.9 Å². The first kappa shape index (κ1) is 13.0. The first-order chi connectivity index (χ1) is 6.75. The van der Waals surface area contributed by atoms with Crippen LogP contribution in [0.2, 0.25) is 0 Å². The normalized spacial score (nSPS) is 9.86. The van der Waals surface area contributed by atoms with Crippen molar-refractivity contribution in [3.05, 3.63) is 17.5 Å². The van der Waals surface area contributed by atoms with Crippen LogP contribution >= 0.6 is 0 Å². The second kappa shape index (κ2) is 7.44. The molecule has 0 fully saturated rings. The fourth-order valence-corrected chi connectivity index (χ4v) is 0.830. The van der Waals surface area contributed by atoms with Gasteiger partial charge in [-0.25, -0.2) is 8.78 Å². The summed E-state index contributed by atoms with van der Waals surface area (Å²) in [5.41, 5.74) is 0.273. The van der Waals surface area contributed by atoms with E-state index in [1.165, 1.54) is 0 Å². The molecule has 14 heavy (non-hydrogen) atoms. The number of aromatic amines is 1. The Bertz CT molecular complexity index is 238. The maximum atomic E-state index is 12.2. The van der Waals surface area contributed by atoms with Crippen LogP contribution in [-0.2, 0) is 11.3 Å². The van der Waals surface area contributed by atoms with Gasteiger partial charge in [-0.05, 0) is 6.92 Å². The Morgan fingerprint density at radius 2 is 2.14 bits per heavy atom. The summed E-state index contributed by atoms with van der Waals surface area (Å²) in [6.45, 7) is 6.47. The Morgan fingerprint density at radius 3 is 2.64 bits per heavy atom. The van der Waals surface area contributed by atoms with Gasteiger partial charge < -0.3 is 4.74 Å². The molecular weight excluding hydrogens is 190 g/mol. The van der Waals surface area contributed by atoms with E-state index in [0.717, 1.165) is 6.20 Å². The maximum absolute atomic E-state index is 12.2. The highest BCUT2D eigenvalue weighted by molar-refractivity contribution is 5.16. The van der Waals surface area contributed by atoms with Crippen molar-refractivity contribution in [2.45, 2.75) is 33.8 Å². The van der Waals surface area contributed by atoms with Crippen molar-refractivity contribution in [3.8, 4) is 0 Å². The lowest BCUT2D eigenvalue weighted by Gasteiger charge is -2.01. The quantitative estimate of drug-likeness (QED) is 0.822. The summed E-state index contributed by atoms with van der Waals surface area (Å²) in [5, 5.41) is 5.98. The molecule has 0 radical (unpaired) electrons. The number of rotatable bonds is 4. The molecule has 1 heterocycles. The Hall–Kier alpha value is -0.970. The molecule has 0 spiro atoms. The third-order valence-corrected chi connectivity index (χ3v) is 1.44. The summed E-state index contributed by atoms with van der Waals surface area (Å²) < 4.78 is 29.3. The molecule has 0 atom stereocenters. The summed E-state index contributed by atoms with van der Waals surface area (Å²) in [7, 11) is 0. The standard InChI is InChI=1S/C7H10F2N2O.C2H6/c1-2-12-4-6-5(7(8)9)3-10-11-6;1-2/h3,7H,2,4H2,1H3,(H,10,11);1-2H3. The van der Waals surface area contributed by atoms with Gasteiger partial charge in [-0.15, -0.1) is 0 Å². The van der Waals surface area contributed by atoms with Crippen LogP contribution in [0.4, 0.5) is 8.78 Å². The average molecular weight is 206 g/mol. The van der Waals surface area contributed by atoms with Crippen molar-refractivity contribution >= 4 is 0 Å². The number of hydrogen-bond acceptors (Lipinski definition) is 2. The van der Waals surface area contributed by atoms with Crippen LogP contribution in [0.15, 0.2) is 6.20 Å². The van der Waals surface area contributed by atoms with Gasteiger partial charge in [0.05, 0.1) is 24.1 Å². The molecular formula is C9H16F2N2O. The minimum absolute atomic E-state index is 0.0801. The number of aromatic nitrogens is 2. The largest absolute Gasteiger partial charge is 0.375 e. The molecule has 3 nitrogen and oxygen atoms in total. The number of alkyl halides is 2. The average Bonchev–Trinajstić information content (AvgIpc) is 2.66. The SMILES string of the molecule is CC.CCOCc1[nH]ncc1C(F)F. The van der Waals surface area contributed by atoms with E-state index in [9.17, 15) is 8.78 Å². The molecule has 1 rings (SSSR count). The Labute approximate surface area is 82.5 Å². The number of nitrogens with zero attached hydrogens (tertiary/aromatic N) is 1. The molecule has 1 aromatic heterocycles. The molecule has 0 saturated carbocycles. The molecule has 82 valence electrons. The Kier molecular flexibility index (Phi) is 6.92. The highest BCUT2D eigenvalue weighted by Crippen LogP contribution is 2.20. The molecule has 0 aliphatic carbocycles. The Morgan fingerprint density at radius 1 is 1.50 bits per heavy atom. The Balaban J connectivity index is 0.000000791. The summed E-state index contributed by atoms with van der Waals surface area (Å²) in [6, 6.07) is 0. The molecule has 0 amide bonds. The number of nitrogens with one attached hydrogen (secondary N) is 1. The minimum atomic E-state index is -2.49. The zero-order valence-corrected chi connectivity index (χ0v) is 8.68. The van der Waals surface area contributed by atoms with E-state index in [0.29, 0.717) is 12.3 Å². The van der Waals surface area contributed by atoms with Crippen LogP contribution < -0.4 is 0 Å². The van der Waals surface area contributed by atoms with Gasteiger partial charge >= 0.3 is 0 Å². The molecule has 0 aliphatic rings. The molecule has 0 bridgehead atoms. The highest BCUT2D eigenvalue weighted by atomic mass is 19.3. The van der Waals surface area contributed by atoms with E-state index in [-0.39, 0.29) is 12.2 Å². The van der Waals surface area contributed by atoms with Crippen LogP contribution in [0.3, 0.4) is 0 Å². The van der Waals surface area contributed by atoms with E-state index in [1.54, 1.807) is 6.92 Å². The first-order valence-electron chi connectivity index (χ1n) is 4.63. The predicted molar refractivity (Wildman–Crippen MR) is 50.2 cm³/mol. The lowest BCUT2D eigenvalue weighted by atomic mass is 10.3. The fraction of sp³-hybridized carbons (Fsp3) is 0.667. The van der Waals surface area contributed by atoms with E-state index in [4.69, 9.17) is 4.74 Å². The van der Waals surface area contributed by atoms with Crippen LogP contribution in [0.5, 0.6) is 0 Å². The van der Waals surface area contributed by atoms with Gasteiger partial charge in [-0.1, -0.05) is 13.8 Å². The second-order valence-corrected chi connectivity index (χ2v) is 2.24.